The zero-order valence-corrected chi connectivity index (χ0v) is 13.7. The van der Waals surface area contributed by atoms with Crippen LogP contribution in [0.3, 0.4) is 0 Å². The third-order valence-electron chi connectivity index (χ3n) is 4.12. The van der Waals surface area contributed by atoms with E-state index >= 15 is 0 Å². The third kappa shape index (κ3) is 2.75. The summed E-state index contributed by atoms with van der Waals surface area (Å²) in [6, 6.07) is 4.16. The molecule has 0 N–H and O–H groups in total. The summed E-state index contributed by atoms with van der Waals surface area (Å²) in [7, 11) is 1.94. The standard InChI is InChI=1S/C16H21N3OS/c1-11-9-14(13-10-12(2)18(3)17-13)21-15(11)16(20)19-7-5-4-6-8-19/h9-10H,4-8H2,1-3H3. The monoisotopic (exact) mass is 303 g/mol. The van der Waals surface area contributed by atoms with Gasteiger partial charge in [0, 0.05) is 25.8 Å². The number of hydrogen-bond donors (Lipinski definition) is 0. The largest absolute Gasteiger partial charge is 0.338 e. The van der Waals surface area contributed by atoms with E-state index in [9.17, 15) is 4.79 Å². The Morgan fingerprint density at radius 3 is 2.52 bits per heavy atom. The van der Waals surface area contributed by atoms with Crippen molar-refractivity contribution in [1.82, 2.24) is 14.7 Å². The van der Waals surface area contributed by atoms with Crippen LogP contribution >= 0.6 is 11.3 Å². The number of hydrogen-bond acceptors (Lipinski definition) is 3. The lowest BCUT2D eigenvalue weighted by molar-refractivity contribution is 0.0728. The summed E-state index contributed by atoms with van der Waals surface area (Å²) in [6.45, 7) is 5.85. The minimum atomic E-state index is 0.191. The van der Waals surface area contributed by atoms with Gasteiger partial charge in [0.2, 0.25) is 0 Å². The van der Waals surface area contributed by atoms with Crippen molar-refractivity contribution in [3.05, 3.63) is 28.3 Å². The lowest BCUT2D eigenvalue weighted by atomic mass is 10.1. The van der Waals surface area contributed by atoms with E-state index in [-0.39, 0.29) is 5.91 Å². The Hall–Kier alpha value is -1.62. The first-order valence-corrected chi connectivity index (χ1v) is 8.28. The quantitative estimate of drug-likeness (QED) is 0.853. The fraction of sp³-hybridized carbons (Fsp3) is 0.500. The Morgan fingerprint density at radius 2 is 1.90 bits per heavy atom. The number of likely N-dealkylation sites (tertiary alicyclic amines) is 1. The van der Waals surface area contributed by atoms with E-state index in [1.165, 1.54) is 6.42 Å². The molecule has 21 heavy (non-hydrogen) atoms. The van der Waals surface area contributed by atoms with Gasteiger partial charge < -0.3 is 4.90 Å². The van der Waals surface area contributed by atoms with Gasteiger partial charge in [0.1, 0.15) is 5.69 Å². The van der Waals surface area contributed by atoms with Crippen molar-refractivity contribution in [3.8, 4) is 10.6 Å². The fourth-order valence-electron chi connectivity index (χ4n) is 2.74. The summed E-state index contributed by atoms with van der Waals surface area (Å²) in [5.74, 6) is 0.191. The molecule has 5 heteroatoms. The topological polar surface area (TPSA) is 38.1 Å². The fourth-order valence-corrected chi connectivity index (χ4v) is 3.84. The second-order valence-electron chi connectivity index (χ2n) is 5.77. The number of carbonyl (C=O) groups excluding carboxylic acids is 1. The molecule has 3 heterocycles. The maximum absolute atomic E-state index is 12.6. The predicted molar refractivity (Wildman–Crippen MR) is 85.7 cm³/mol. The van der Waals surface area contributed by atoms with Gasteiger partial charge in [0.05, 0.1) is 9.75 Å². The molecule has 1 amide bonds. The van der Waals surface area contributed by atoms with E-state index in [4.69, 9.17) is 0 Å². The van der Waals surface area contributed by atoms with Crippen LogP contribution in [0.25, 0.3) is 10.6 Å². The molecule has 0 saturated carbocycles. The SMILES string of the molecule is Cc1cc(-c2cc(C)n(C)n2)sc1C(=O)N1CCCCC1. The van der Waals surface area contributed by atoms with Gasteiger partial charge >= 0.3 is 0 Å². The number of aromatic nitrogens is 2. The number of nitrogens with zero attached hydrogens (tertiary/aromatic N) is 3. The third-order valence-corrected chi connectivity index (χ3v) is 5.37. The number of piperidine rings is 1. The Labute approximate surface area is 129 Å². The van der Waals surface area contributed by atoms with Gasteiger partial charge in [-0.25, -0.2) is 0 Å². The zero-order chi connectivity index (χ0) is 15.0. The maximum atomic E-state index is 12.6. The molecular weight excluding hydrogens is 282 g/mol. The van der Waals surface area contributed by atoms with Crippen molar-refractivity contribution in [2.24, 2.45) is 7.05 Å². The van der Waals surface area contributed by atoms with E-state index in [1.807, 2.05) is 30.5 Å². The van der Waals surface area contributed by atoms with Gasteiger partial charge in [-0.05, 0) is 50.8 Å². The molecule has 1 saturated heterocycles. The number of carbonyl (C=O) groups is 1. The van der Waals surface area contributed by atoms with Crippen LogP contribution in [0.4, 0.5) is 0 Å². The Morgan fingerprint density at radius 1 is 1.19 bits per heavy atom. The Kier molecular flexibility index (Phi) is 3.85. The maximum Gasteiger partial charge on any atom is 0.264 e. The summed E-state index contributed by atoms with van der Waals surface area (Å²) < 4.78 is 1.87. The average Bonchev–Trinajstić information content (AvgIpc) is 3.03. The van der Waals surface area contributed by atoms with Crippen LogP contribution < -0.4 is 0 Å². The summed E-state index contributed by atoms with van der Waals surface area (Å²) in [5, 5.41) is 4.51. The molecule has 0 radical (unpaired) electrons. The molecule has 1 aliphatic heterocycles. The normalized spacial score (nSPS) is 15.5. The van der Waals surface area contributed by atoms with Crippen LogP contribution in [-0.4, -0.2) is 33.7 Å². The van der Waals surface area contributed by atoms with Gasteiger partial charge in [-0.1, -0.05) is 0 Å². The second kappa shape index (κ2) is 5.64. The van der Waals surface area contributed by atoms with E-state index in [1.54, 1.807) is 11.3 Å². The number of amides is 1. The molecule has 4 nitrogen and oxygen atoms in total. The van der Waals surface area contributed by atoms with Gasteiger partial charge in [-0.15, -0.1) is 11.3 Å². The highest BCUT2D eigenvalue weighted by atomic mass is 32.1. The number of rotatable bonds is 2. The number of thiophene rings is 1. The number of aryl methyl sites for hydroxylation is 3. The summed E-state index contributed by atoms with van der Waals surface area (Å²) in [6.07, 6.45) is 3.50. The predicted octanol–water partition coefficient (Wildman–Crippen LogP) is 3.39. The summed E-state index contributed by atoms with van der Waals surface area (Å²) >= 11 is 1.57. The molecule has 0 aromatic carbocycles. The van der Waals surface area contributed by atoms with Crippen LogP contribution in [0.15, 0.2) is 12.1 Å². The molecule has 3 rings (SSSR count). The molecule has 1 aliphatic rings. The first-order chi connectivity index (χ1) is 10.1. The van der Waals surface area contributed by atoms with Crippen molar-refractivity contribution in [2.45, 2.75) is 33.1 Å². The van der Waals surface area contributed by atoms with E-state index < -0.39 is 0 Å². The minimum absolute atomic E-state index is 0.191. The van der Waals surface area contributed by atoms with Crippen LogP contribution in [0.5, 0.6) is 0 Å². The van der Waals surface area contributed by atoms with Crippen molar-refractivity contribution in [1.29, 1.82) is 0 Å². The Balaban J connectivity index is 1.88. The van der Waals surface area contributed by atoms with Gasteiger partial charge in [-0.3, -0.25) is 9.48 Å². The molecule has 0 bridgehead atoms. The molecule has 1 fully saturated rings. The molecule has 0 unspecified atom stereocenters. The molecule has 0 aliphatic carbocycles. The van der Waals surface area contributed by atoms with E-state index in [2.05, 4.69) is 17.2 Å². The van der Waals surface area contributed by atoms with Crippen LogP contribution in [0, 0.1) is 13.8 Å². The van der Waals surface area contributed by atoms with Crippen LogP contribution in [-0.2, 0) is 7.05 Å². The molecule has 0 atom stereocenters. The van der Waals surface area contributed by atoms with Crippen molar-refractivity contribution >= 4 is 17.2 Å². The first-order valence-electron chi connectivity index (χ1n) is 7.47. The van der Waals surface area contributed by atoms with Gasteiger partial charge in [0.25, 0.3) is 5.91 Å². The average molecular weight is 303 g/mol. The molecule has 112 valence electrons. The second-order valence-corrected chi connectivity index (χ2v) is 6.82. The van der Waals surface area contributed by atoms with E-state index in [0.717, 1.165) is 52.6 Å². The lowest BCUT2D eigenvalue weighted by Gasteiger charge is -2.26. The highest BCUT2D eigenvalue weighted by Crippen LogP contribution is 2.32. The highest BCUT2D eigenvalue weighted by Gasteiger charge is 2.22. The molecule has 2 aromatic rings. The van der Waals surface area contributed by atoms with Crippen molar-refractivity contribution in [3.63, 3.8) is 0 Å². The Bertz CT molecular complexity index is 646. The highest BCUT2D eigenvalue weighted by molar-refractivity contribution is 7.17. The molecule has 0 spiro atoms. The molecular formula is C16H21N3OS. The minimum Gasteiger partial charge on any atom is -0.338 e. The smallest absolute Gasteiger partial charge is 0.264 e. The van der Waals surface area contributed by atoms with Crippen LogP contribution in [0.2, 0.25) is 0 Å². The summed E-state index contributed by atoms with van der Waals surface area (Å²) in [4.78, 5) is 16.6. The van der Waals surface area contributed by atoms with Crippen molar-refractivity contribution in [2.75, 3.05) is 13.1 Å². The zero-order valence-electron chi connectivity index (χ0n) is 12.8. The van der Waals surface area contributed by atoms with Gasteiger partial charge in [-0.2, -0.15) is 5.10 Å². The van der Waals surface area contributed by atoms with E-state index in [0.29, 0.717) is 0 Å². The lowest BCUT2D eigenvalue weighted by Crippen LogP contribution is -2.35. The van der Waals surface area contributed by atoms with Crippen LogP contribution in [0.1, 0.15) is 40.2 Å². The molecule has 2 aromatic heterocycles. The van der Waals surface area contributed by atoms with Crippen molar-refractivity contribution < 1.29 is 4.79 Å². The van der Waals surface area contributed by atoms with Gasteiger partial charge in [0.15, 0.2) is 0 Å². The summed E-state index contributed by atoms with van der Waals surface area (Å²) in [5.41, 5.74) is 3.15. The first kappa shape index (κ1) is 14.3.